The summed E-state index contributed by atoms with van der Waals surface area (Å²) >= 11 is 0. The van der Waals surface area contributed by atoms with E-state index in [1.165, 1.54) is 0 Å². The van der Waals surface area contributed by atoms with Crippen molar-refractivity contribution in [2.45, 2.75) is 32.3 Å². The monoisotopic (exact) mass is 418 g/mol. The minimum Gasteiger partial charge on any atom is -0.375 e. The molecule has 0 aromatic rings. The van der Waals surface area contributed by atoms with Crippen LogP contribution in [-0.2, 0) is 38.4 Å². The Bertz CT molecular complexity index is 610. The predicted octanol–water partition coefficient (Wildman–Crippen LogP) is 1.33. The first kappa shape index (κ1) is 25.1. The van der Waals surface area contributed by atoms with Gasteiger partial charge in [0.2, 0.25) is 0 Å². The van der Waals surface area contributed by atoms with Crippen molar-refractivity contribution >= 4 is 20.2 Å². The molecule has 0 amide bonds. The summed E-state index contributed by atoms with van der Waals surface area (Å²) in [5.41, 5.74) is 0. The maximum atomic E-state index is 10.9. The second kappa shape index (κ2) is 14.2. The van der Waals surface area contributed by atoms with E-state index in [1.807, 2.05) is 6.92 Å². The highest BCUT2D eigenvalue weighted by Crippen LogP contribution is 2.01. The fourth-order valence-electron chi connectivity index (χ4n) is 1.61. The second-order valence-corrected chi connectivity index (χ2v) is 8.44. The highest BCUT2D eigenvalue weighted by molar-refractivity contribution is 7.86. The molecule has 0 aliphatic rings. The summed E-state index contributed by atoms with van der Waals surface area (Å²) in [7, 11) is -7.75. The maximum absolute atomic E-state index is 10.9. The maximum Gasteiger partial charge on any atom is 0.293 e. The standard InChI is InChI=1S/C14H26O10S2/c1-2-14(22-10-6-4-8-12-26(19,20)24-16)13-21-9-5-3-7-11-25(17,18)23-15/h3-6,14-16H,2,7-13H2,1H3/b5-3+,6-4+. The molecular weight excluding hydrogens is 392 g/mol. The van der Waals surface area contributed by atoms with Crippen LogP contribution in [0, 0.1) is 0 Å². The lowest BCUT2D eigenvalue weighted by Gasteiger charge is -2.14. The molecule has 1 unspecified atom stereocenters. The Morgan fingerprint density at radius 2 is 1.35 bits per heavy atom. The number of hydrogen-bond donors (Lipinski definition) is 2. The summed E-state index contributed by atoms with van der Waals surface area (Å²) in [6.07, 6.45) is 7.50. The molecule has 0 radical (unpaired) electrons. The molecule has 2 N–H and O–H groups in total. The number of ether oxygens (including phenoxy) is 2. The molecule has 0 heterocycles. The van der Waals surface area contributed by atoms with Crippen molar-refractivity contribution in [2.75, 3.05) is 31.3 Å². The SMILES string of the molecule is CCC(COC/C=C/CCS(=O)(=O)OO)OC/C=C/CCS(=O)(=O)OO. The summed E-state index contributed by atoms with van der Waals surface area (Å²) < 4.78 is 61.0. The molecular formula is C14H26O10S2. The van der Waals surface area contributed by atoms with Crippen LogP contribution >= 0.6 is 0 Å². The molecule has 0 saturated carbocycles. The molecule has 10 nitrogen and oxygen atoms in total. The summed E-state index contributed by atoms with van der Waals surface area (Å²) in [6, 6.07) is 0. The second-order valence-electron chi connectivity index (χ2n) is 5.09. The van der Waals surface area contributed by atoms with Crippen LogP contribution in [0.25, 0.3) is 0 Å². The van der Waals surface area contributed by atoms with Gasteiger partial charge in [-0.15, -0.1) is 8.67 Å². The highest BCUT2D eigenvalue weighted by atomic mass is 32.2. The van der Waals surface area contributed by atoms with Gasteiger partial charge in [-0.25, -0.2) is 10.5 Å². The predicted molar refractivity (Wildman–Crippen MR) is 93.4 cm³/mol. The van der Waals surface area contributed by atoms with E-state index in [0.717, 1.165) is 6.42 Å². The summed E-state index contributed by atoms with van der Waals surface area (Å²) in [6.45, 7) is 2.85. The van der Waals surface area contributed by atoms with Gasteiger partial charge in [-0.1, -0.05) is 31.2 Å². The summed E-state index contributed by atoms with van der Waals surface area (Å²) in [5.74, 6) is -0.642. The third kappa shape index (κ3) is 14.3. The molecule has 0 bridgehead atoms. The van der Waals surface area contributed by atoms with E-state index < -0.39 is 20.2 Å². The normalized spacial score (nSPS) is 14.4. The molecule has 26 heavy (non-hydrogen) atoms. The molecule has 12 heteroatoms. The molecule has 0 aliphatic heterocycles. The van der Waals surface area contributed by atoms with Crippen LogP contribution in [0.3, 0.4) is 0 Å². The molecule has 0 aromatic carbocycles. The van der Waals surface area contributed by atoms with Crippen molar-refractivity contribution in [3.8, 4) is 0 Å². The van der Waals surface area contributed by atoms with Crippen molar-refractivity contribution < 1.29 is 45.5 Å². The van der Waals surface area contributed by atoms with E-state index in [4.69, 9.17) is 20.0 Å². The van der Waals surface area contributed by atoms with E-state index in [2.05, 4.69) is 8.67 Å². The Kier molecular flexibility index (Phi) is 13.8. The van der Waals surface area contributed by atoms with Crippen LogP contribution in [0.1, 0.15) is 26.2 Å². The van der Waals surface area contributed by atoms with E-state index in [0.29, 0.717) is 6.61 Å². The van der Waals surface area contributed by atoms with Gasteiger partial charge in [-0.2, -0.15) is 16.8 Å². The van der Waals surface area contributed by atoms with Gasteiger partial charge in [-0.3, -0.25) is 0 Å². The molecule has 0 aliphatic carbocycles. The average Bonchev–Trinajstić information content (AvgIpc) is 2.61. The van der Waals surface area contributed by atoms with Crippen LogP contribution < -0.4 is 0 Å². The van der Waals surface area contributed by atoms with Gasteiger partial charge >= 0.3 is 0 Å². The lowest BCUT2D eigenvalue weighted by Crippen LogP contribution is -2.19. The lowest BCUT2D eigenvalue weighted by atomic mass is 10.3. The first-order valence-electron chi connectivity index (χ1n) is 7.87. The minimum atomic E-state index is -3.87. The van der Waals surface area contributed by atoms with Gasteiger partial charge in [0.1, 0.15) is 0 Å². The molecule has 0 rings (SSSR count). The average molecular weight is 418 g/mol. The van der Waals surface area contributed by atoms with Crippen LogP contribution in [0.2, 0.25) is 0 Å². The fourth-order valence-corrected chi connectivity index (χ4v) is 2.61. The number of allylic oxidation sites excluding steroid dienone is 2. The quantitative estimate of drug-likeness (QED) is 0.163. The zero-order chi connectivity index (χ0) is 19.9. The third-order valence-corrected chi connectivity index (χ3v) is 4.96. The highest BCUT2D eigenvalue weighted by Gasteiger charge is 2.09. The van der Waals surface area contributed by atoms with Crippen LogP contribution in [0.4, 0.5) is 0 Å². The largest absolute Gasteiger partial charge is 0.375 e. The van der Waals surface area contributed by atoms with Crippen molar-refractivity contribution in [3.63, 3.8) is 0 Å². The van der Waals surface area contributed by atoms with Crippen LogP contribution in [-0.4, -0.2) is 64.8 Å². The Balaban J connectivity index is 3.83. The molecule has 1 atom stereocenters. The van der Waals surface area contributed by atoms with E-state index in [-0.39, 0.29) is 43.7 Å². The Morgan fingerprint density at radius 3 is 1.81 bits per heavy atom. The molecule has 0 aromatic heterocycles. The topological polar surface area (TPSA) is 146 Å². The third-order valence-electron chi connectivity index (χ3n) is 3.03. The van der Waals surface area contributed by atoms with Gasteiger partial charge in [-0.05, 0) is 19.3 Å². The summed E-state index contributed by atoms with van der Waals surface area (Å²) in [4.78, 5) is 0. The zero-order valence-corrected chi connectivity index (χ0v) is 16.2. The van der Waals surface area contributed by atoms with E-state index >= 15 is 0 Å². The molecule has 0 fully saturated rings. The van der Waals surface area contributed by atoms with Gasteiger partial charge in [0, 0.05) is 0 Å². The smallest absolute Gasteiger partial charge is 0.293 e. The van der Waals surface area contributed by atoms with Crippen LogP contribution in [0.5, 0.6) is 0 Å². The van der Waals surface area contributed by atoms with Gasteiger partial charge in [0.05, 0.1) is 37.4 Å². The molecule has 0 spiro atoms. The molecule has 0 saturated heterocycles. The zero-order valence-electron chi connectivity index (χ0n) is 14.5. The first-order chi connectivity index (χ1) is 12.3. The number of rotatable bonds is 16. The van der Waals surface area contributed by atoms with E-state index in [1.54, 1.807) is 24.3 Å². The molecule has 154 valence electrons. The van der Waals surface area contributed by atoms with Crippen molar-refractivity contribution in [1.82, 2.24) is 0 Å². The van der Waals surface area contributed by atoms with Crippen molar-refractivity contribution in [2.24, 2.45) is 0 Å². The van der Waals surface area contributed by atoms with Gasteiger partial charge in [0.25, 0.3) is 20.2 Å². The van der Waals surface area contributed by atoms with Gasteiger partial charge < -0.3 is 9.47 Å². The first-order valence-corrected chi connectivity index (χ1v) is 11.0. The number of hydrogen-bond acceptors (Lipinski definition) is 10. The summed E-state index contributed by atoms with van der Waals surface area (Å²) in [5, 5.41) is 16.2. The van der Waals surface area contributed by atoms with Crippen LogP contribution in [0.15, 0.2) is 24.3 Å². The Morgan fingerprint density at radius 1 is 0.846 bits per heavy atom. The minimum absolute atomic E-state index is 0.138. The van der Waals surface area contributed by atoms with Crippen molar-refractivity contribution in [3.05, 3.63) is 24.3 Å². The fraction of sp³-hybridized carbons (Fsp3) is 0.714. The van der Waals surface area contributed by atoms with Gasteiger partial charge in [0.15, 0.2) is 0 Å². The Labute approximate surface area is 154 Å². The Hall–Kier alpha value is -0.860. The van der Waals surface area contributed by atoms with E-state index in [9.17, 15) is 16.8 Å². The lowest BCUT2D eigenvalue weighted by molar-refractivity contribution is -0.130. The van der Waals surface area contributed by atoms with Crippen molar-refractivity contribution in [1.29, 1.82) is 0 Å².